The normalized spacial score (nSPS) is 12.6. The lowest BCUT2D eigenvalue weighted by Crippen LogP contribution is -2.17. The predicted molar refractivity (Wildman–Crippen MR) is 76.2 cm³/mol. The van der Waals surface area contributed by atoms with E-state index in [2.05, 4.69) is 52.2 Å². The topological polar surface area (TPSA) is 24.9 Å². The minimum Gasteiger partial charge on any atom is -0.305 e. The van der Waals surface area contributed by atoms with Gasteiger partial charge < -0.3 is 5.32 Å². The van der Waals surface area contributed by atoms with Gasteiger partial charge in [0.1, 0.15) is 0 Å². The Bertz CT molecular complexity index is 496. The molecule has 0 aliphatic rings. The number of rotatable bonds is 4. The lowest BCUT2D eigenvalue weighted by atomic mass is 10.1. The van der Waals surface area contributed by atoms with E-state index in [9.17, 15) is 0 Å². The van der Waals surface area contributed by atoms with E-state index >= 15 is 0 Å². The molecule has 1 atom stereocenters. The number of aryl methyl sites for hydroxylation is 1. The molecule has 2 rings (SSSR count). The summed E-state index contributed by atoms with van der Waals surface area (Å²) in [5, 5.41) is 3.52. The van der Waals surface area contributed by atoms with E-state index in [1.807, 2.05) is 18.5 Å². The van der Waals surface area contributed by atoms with Crippen molar-refractivity contribution in [3.63, 3.8) is 0 Å². The van der Waals surface area contributed by atoms with Gasteiger partial charge in [-0.3, -0.25) is 4.98 Å². The van der Waals surface area contributed by atoms with Gasteiger partial charge in [0, 0.05) is 29.9 Å². The third-order valence-electron chi connectivity index (χ3n) is 2.77. The van der Waals surface area contributed by atoms with E-state index in [1.165, 1.54) is 19.8 Å². The second kappa shape index (κ2) is 5.76. The number of hydrogen-bond acceptors (Lipinski definition) is 3. The van der Waals surface area contributed by atoms with Crippen molar-refractivity contribution in [2.45, 2.75) is 26.4 Å². The number of nitrogens with one attached hydrogen (secondary N) is 1. The van der Waals surface area contributed by atoms with Crippen LogP contribution in [0.25, 0.3) is 0 Å². The van der Waals surface area contributed by atoms with Crippen LogP contribution < -0.4 is 5.32 Å². The monoisotopic (exact) mass is 310 g/mol. The van der Waals surface area contributed by atoms with Crippen molar-refractivity contribution < 1.29 is 0 Å². The molecule has 1 N–H and O–H groups in total. The first-order valence-electron chi connectivity index (χ1n) is 5.55. The molecule has 90 valence electrons. The molecule has 0 spiro atoms. The molecule has 2 aromatic heterocycles. The van der Waals surface area contributed by atoms with E-state index in [0.29, 0.717) is 6.04 Å². The molecule has 17 heavy (non-hydrogen) atoms. The van der Waals surface area contributed by atoms with Crippen molar-refractivity contribution in [1.29, 1.82) is 0 Å². The van der Waals surface area contributed by atoms with E-state index in [4.69, 9.17) is 0 Å². The van der Waals surface area contributed by atoms with Gasteiger partial charge in [0.05, 0.1) is 3.79 Å². The van der Waals surface area contributed by atoms with Crippen LogP contribution in [-0.2, 0) is 6.54 Å². The van der Waals surface area contributed by atoms with Crippen LogP contribution >= 0.6 is 27.3 Å². The summed E-state index contributed by atoms with van der Waals surface area (Å²) in [4.78, 5) is 5.50. The largest absolute Gasteiger partial charge is 0.305 e. The van der Waals surface area contributed by atoms with Crippen molar-refractivity contribution in [3.8, 4) is 0 Å². The number of thiophene rings is 1. The summed E-state index contributed by atoms with van der Waals surface area (Å²) < 4.78 is 1.18. The average molecular weight is 311 g/mol. The van der Waals surface area contributed by atoms with Crippen molar-refractivity contribution in [3.05, 3.63) is 50.4 Å². The Labute approximate surface area is 114 Å². The lowest BCUT2D eigenvalue weighted by Gasteiger charge is -2.13. The Balaban J connectivity index is 1.97. The number of nitrogens with zero attached hydrogens (tertiary/aromatic N) is 1. The van der Waals surface area contributed by atoms with Gasteiger partial charge in [-0.2, -0.15) is 0 Å². The maximum Gasteiger partial charge on any atom is 0.0701 e. The number of aromatic nitrogens is 1. The standard InChI is InChI=1S/C13H15BrN2S/c1-9-5-6-15-7-11(9)8-16-10(2)12-3-4-13(14)17-12/h3-7,10,16H,8H2,1-2H3. The van der Waals surface area contributed by atoms with E-state index < -0.39 is 0 Å². The maximum absolute atomic E-state index is 4.16. The highest BCUT2D eigenvalue weighted by Crippen LogP contribution is 2.27. The first-order valence-corrected chi connectivity index (χ1v) is 7.16. The van der Waals surface area contributed by atoms with Gasteiger partial charge in [-0.15, -0.1) is 11.3 Å². The summed E-state index contributed by atoms with van der Waals surface area (Å²) in [6, 6.07) is 6.66. The number of pyridine rings is 1. The minimum absolute atomic E-state index is 0.367. The molecule has 0 amide bonds. The fourth-order valence-corrected chi connectivity index (χ4v) is 3.06. The fourth-order valence-electron chi connectivity index (χ4n) is 1.61. The molecule has 2 aromatic rings. The molecule has 0 radical (unpaired) electrons. The second-order valence-electron chi connectivity index (χ2n) is 4.05. The average Bonchev–Trinajstić information content (AvgIpc) is 2.74. The van der Waals surface area contributed by atoms with Crippen LogP contribution in [0.15, 0.2) is 34.4 Å². The summed E-state index contributed by atoms with van der Waals surface area (Å²) in [6.45, 7) is 5.16. The molecule has 0 aliphatic heterocycles. The van der Waals surface area contributed by atoms with Crippen LogP contribution in [0, 0.1) is 6.92 Å². The molecule has 2 nitrogen and oxygen atoms in total. The zero-order valence-corrected chi connectivity index (χ0v) is 12.3. The van der Waals surface area contributed by atoms with E-state index in [-0.39, 0.29) is 0 Å². The van der Waals surface area contributed by atoms with Crippen LogP contribution in [0.2, 0.25) is 0 Å². The summed E-state index contributed by atoms with van der Waals surface area (Å²) in [7, 11) is 0. The second-order valence-corrected chi connectivity index (χ2v) is 6.54. The Morgan fingerprint density at radius 3 is 2.88 bits per heavy atom. The van der Waals surface area contributed by atoms with Crippen LogP contribution in [0.4, 0.5) is 0 Å². The highest BCUT2D eigenvalue weighted by Gasteiger charge is 2.08. The molecule has 0 aromatic carbocycles. The molecule has 0 saturated heterocycles. The third kappa shape index (κ3) is 3.37. The van der Waals surface area contributed by atoms with Crippen molar-refractivity contribution >= 4 is 27.3 Å². The van der Waals surface area contributed by atoms with Gasteiger partial charge in [-0.05, 0) is 59.1 Å². The van der Waals surface area contributed by atoms with E-state index in [0.717, 1.165) is 6.54 Å². The van der Waals surface area contributed by atoms with Gasteiger partial charge in [-0.1, -0.05) is 0 Å². The molecular weight excluding hydrogens is 296 g/mol. The van der Waals surface area contributed by atoms with E-state index in [1.54, 1.807) is 11.3 Å². The lowest BCUT2D eigenvalue weighted by molar-refractivity contribution is 0.580. The smallest absolute Gasteiger partial charge is 0.0701 e. The van der Waals surface area contributed by atoms with Gasteiger partial charge >= 0.3 is 0 Å². The molecule has 0 saturated carbocycles. The van der Waals surface area contributed by atoms with Gasteiger partial charge in [0.15, 0.2) is 0 Å². The fraction of sp³-hybridized carbons (Fsp3) is 0.308. The highest BCUT2D eigenvalue weighted by atomic mass is 79.9. The van der Waals surface area contributed by atoms with Gasteiger partial charge in [-0.25, -0.2) is 0 Å². The van der Waals surface area contributed by atoms with Crippen molar-refractivity contribution in [1.82, 2.24) is 10.3 Å². The Hall–Kier alpha value is -0.710. The van der Waals surface area contributed by atoms with Crippen LogP contribution in [0.5, 0.6) is 0 Å². The summed E-state index contributed by atoms with van der Waals surface area (Å²) in [6.07, 6.45) is 3.76. The van der Waals surface area contributed by atoms with Crippen molar-refractivity contribution in [2.24, 2.45) is 0 Å². The molecule has 4 heteroatoms. The summed E-state index contributed by atoms with van der Waals surface area (Å²) in [5.74, 6) is 0. The number of halogens is 1. The molecular formula is C13H15BrN2S. The zero-order valence-electron chi connectivity index (χ0n) is 9.90. The minimum atomic E-state index is 0.367. The van der Waals surface area contributed by atoms with Gasteiger partial charge in [0.2, 0.25) is 0 Å². The summed E-state index contributed by atoms with van der Waals surface area (Å²) >= 11 is 5.26. The molecule has 0 bridgehead atoms. The Kier molecular flexibility index (Phi) is 4.31. The first kappa shape index (κ1) is 12.7. The first-order chi connectivity index (χ1) is 8.16. The molecule has 0 aliphatic carbocycles. The van der Waals surface area contributed by atoms with Gasteiger partial charge in [0.25, 0.3) is 0 Å². The highest BCUT2D eigenvalue weighted by molar-refractivity contribution is 9.11. The Morgan fingerprint density at radius 1 is 1.41 bits per heavy atom. The van der Waals surface area contributed by atoms with Crippen LogP contribution in [0.3, 0.4) is 0 Å². The van der Waals surface area contributed by atoms with Crippen molar-refractivity contribution in [2.75, 3.05) is 0 Å². The van der Waals surface area contributed by atoms with Crippen LogP contribution in [-0.4, -0.2) is 4.98 Å². The maximum atomic E-state index is 4.16. The molecule has 1 unspecified atom stereocenters. The SMILES string of the molecule is Cc1ccncc1CNC(C)c1ccc(Br)s1. The Morgan fingerprint density at radius 2 is 2.24 bits per heavy atom. The predicted octanol–water partition coefficient (Wildman–Crippen LogP) is 4.06. The van der Waals surface area contributed by atoms with Crippen LogP contribution in [0.1, 0.15) is 29.0 Å². The summed E-state index contributed by atoms with van der Waals surface area (Å²) in [5.41, 5.74) is 2.54. The quantitative estimate of drug-likeness (QED) is 0.921. The third-order valence-corrected chi connectivity index (χ3v) is 4.57. The zero-order chi connectivity index (χ0) is 12.3. The number of hydrogen-bond donors (Lipinski definition) is 1. The molecule has 0 fully saturated rings. The molecule has 2 heterocycles.